The molecule has 1 unspecified atom stereocenters. The maximum atomic E-state index is 12.6. The molecule has 1 atom stereocenters. The van der Waals surface area contributed by atoms with Gasteiger partial charge in [-0.2, -0.15) is 31.4 Å². The molecule has 11 nitrogen and oxygen atoms in total. The lowest BCUT2D eigenvalue weighted by Crippen LogP contribution is -2.72. The largest absolute Gasteiger partial charge is 0.490 e. The summed E-state index contributed by atoms with van der Waals surface area (Å²) in [6.45, 7) is 7.23. The number of aliphatic carboxylic acids is 2. The van der Waals surface area contributed by atoms with Crippen LogP contribution in [0.3, 0.4) is 0 Å². The lowest BCUT2D eigenvalue weighted by molar-refractivity contribution is -0.205. The van der Waals surface area contributed by atoms with E-state index < -0.39 is 24.3 Å². The summed E-state index contributed by atoms with van der Waals surface area (Å²) in [7, 11) is 5.68. The number of ether oxygens (including phenoxy) is 1. The predicted molar refractivity (Wildman–Crippen MR) is 126 cm³/mol. The monoisotopic (exact) mass is 589 g/mol. The van der Waals surface area contributed by atoms with Gasteiger partial charge in [0, 0.05) is 53.9 Å². The van der Waals surface area contributed by atoms with Crippen LogP contribution in [0.4, 0.5) is 26.3 Å². The predicted octanol–water partition coefficient (Wildman–Crippen LogP) is 1.75. The van der Waals surface area contributed by atoms with Crippen LogP contribution in [-0.4, -0.2) is 123 Å². The molecule has 3 heterocycles. The molecule has 1 aromatic rings. The van der Waals surface area contributed by atoms with Crippen molar-refractivity contribution in [2.45, 2.75) is 50.3 Å². The molecule has 1 spiro atoms. The minimum absolute atomic E-state index is 0.106. The van der Waals surface area contributed by atoms with Gasteiger partial charge in [0.1, 0.15) is 11.6 Å². The fraction of sp³-hybridized carbons (Fsp3) is 0.739. The number of rotatable bonds is 5. The second kappa shape index (κ2) is 12.7. The molecule has 17 heteroatoms. The number of amides is 1. The van der Waals surface area contributed by atoms with E-state index in [1.54, 1.807) is 4.90 Å². The Balaban J connectivity index is 0.000000333. The van der Waals surface area contributed by atoms with Crippen LogP contribution >= 0.6 is 0 Å². The van der Waals surface area contributed by atoms with Gasteiger partial charge < -0.3 is 19.8 Å². The Kier molecular flexibility index (Phi) is 10.6. The van der Waals surface area contributed by atoms with Crippen molar-refractivity contribution in [2.24, 2.45) is 13.0 Å². The highest BCUT2D eigenvalue weighted by Crippen LogP contribution is 2.36. The Morgan fingerprint density at radius 1 is 1.05 bits per heavy atom. The molecule has 3 aliphatic rings. The summed E-state index contributed by atoms with van der Waals surface area (Å²) < 4.78 is 71.7. The number of aryl methyl sites for hydroxylation is 2. The first-order chi connectivity index (χ1) is 18.2. The van der Waals surface area contributed by atoms with Gasteiger partial charge in [-0.05, 0) is 31.7 Å². The molecule has 3 fully saturated rings. The highest BCUT2D eigenvalue weighted by Gasteiger charge is 2.51. The van der Waals surface area contributed by atoms with E-state index in [0.29, 0.717) is 6.61 Å². The molecule has 2 N–H and O–H groups in total. The zero-order valence-electron chi connectivity index (χ0n) is 22.4. The van der Waals surface area contributed by atoms with Crippen LogP contribution < -0.4 is 0 Å². The number of aromatic nitrogens is 2. The first kappa shape index (κ1) is 33.3. The van der Waals surface area contributed by atoms with Gasteiger partial charge in [0.25, 0.3) is 0 Å². The van der Waals surface area contributed by atoms with Crippen molar-refractivity contribution in [1.29, 1.82) is 0 Å². The molecule has 40 heavy (non-hydrogen) atoms. The van der Waals surface area contributed by atoms with Crippen molar-refractivity contribution in [1.82, 2.24) is 24.5 Å². The zero-order chi connectivity index (χ0) is 30.6. The van der Waals surface area contributed by atoms with Crippen LogP contribution in [0.25, 0.3) is 0 Å². The fourth-order valence-electron chi connectivity index (χ4n) is 4.35. The number of nitrogens with zero attached hydrogens (tertiary/aromatic N) is 5. The van der Waals surface area contributed by atoms with E-state index in [1.807, 2.05) is 32.7 Å². The Labute approximate surface area is 226 Å². The van der Waals surface area contributed by atoms with E-state index in [-0.39, 0.29) is 17.6 Å². The van der Waals surface area contributed by atoms with Crippen LogP contribution in [0.5, 0.6) is 0 Å². The molecule has 1 aromatic heterocycles. The highest BCUT2D eigenvalue weighted by atomic mass is 19.4. The van der Waals surface area contributed by atoms with Crippen molar-refractivity contribution < 1.29 is 55.7 Å². The lowest BCUT2D eigenvalue weighted by Gasteiger charge is -2.55. The van der Waals surface area contributed by atoms with E-state index in [2.05, 4.69) is 21.0 Å². The quantitative estimate of drug-likeness (QED) is 0.494. The zero-order valence-corrected chi connectivity index (χ0v) is 22.4. The second-order valence-corrected chi connectivity index (χ2v) is 10.3. The average Bonchev–Trinajstić information content (AvgIpc) is 3.54. The standard InChI is InChI=1S/C19H31N5O2.2C2HF3O2/c1-14-7-16(22(4)20-14)9-23-11-19(12-23)13-24(8-15-5-6-15)17(10-26-19)18(25)21(2)3;2*3-2(4,5)1(6)7/h7,15,17H,5-6,8-13H2,1-4H3;2*(H,6,7). The summed E-state index contributed by atoms with van der Waals surface area (Å²) >= 11 is 0. The number of hydrogen-bond donors (Lipinski definition) is 2. The smallest absolute Gasteiger partial charge is 0.475 e. The molecular formula is C23H33F6N5O6. The van der Waals surface area contributed by atoms with Crippen LogP contribution in [0, 0.1) is 12.8 Å². The number of carbonyl (C=O) groups is 3. The number of alkyl halides is 6. The number of halogens is 6. The summed E-state index contributed by atoms with van der Waals surface area (Å²) in [5.41, 5.74) is 2.20. The number of carboxylic acid groups (broad SMARTS) is 2. The third-order valence-electron chi connectivity index (χ3n) is 6.39. The van der Waals surface area contributed by atoms with E-state index in [0.717, 1.165) is 44.3 Å². The molecule has 1 aliphatic carbocycles. The van der Waals surface area contributed by atoms with Crippen LogP contribution in [-0.2, 0) is 32.7 Å². The lowest BCUT2D eigenvalue weighted by atomic mass is 9.90. The number of likely N-dealkylation sites (tertiary alicyclic amines) is 1. The first-order valence-corrected chi connectivity index (χ1v) is 12.2. The minimum atomic E-state index is -5.08. The number of morpholine rings is 1. The molecule has 0 aromatic carbocycles. The van der Waals surface area contributed by atoms with E-state index in [1.165, 1.54) is 18.5 Å². The Hall–Kier alpha value is -2.92. The molecule has 2 aliphatic heterocycles. The van der Waals surface area contributed by atoms with Gasteiger partial charge in [-0.3, -0.25) is 19.3 Å². The topological polar surface area (TPSA) is 128 Å². The summed E-state index contributed by atoms with van der Waals surface area (Å²) in [4.78, 5) is 36.9. The van der Waals surface area contributed by atoms with E-state index in [9.17, 15) is 31.1 Å². The molecule has 4 rings (SSSR count). The van der Waals surface area contributed by atoms with Crippen LogP contribution in [0.15, 0.2) is 6.07 Å². The molecule has 1 amide bonds. The van der Waals surface area contributed by atoms with Crippen LogP contribution in [0.2, 0.25) is 0 Å². The third-order valence-corrected chi connectivity index (χ3v) is 6.39. The normalized spacial score (nSPS) is 20.9. The summed E-state index contributed by atoms with van der Waals surface area (Å²) in [5, 5.41) is 18.7. The highest BCUT2D eigenvalue weighted by molar-refractivity contribution is 5.81. The van der Waals surface area contributed by atoms with Crippen molar-refractivity contribution >= 4 is 17.8 Å². The molecular weight excluding hydrogens is 556 g/mol. The SMILES string of the molecule is Cc1cc(CN2CC3(C2)CN(CC2CC2)C(C(=O)N(C)C)CO3)n(C)n1.O=C(O)C(F)(F)F.O=C(O)C(F)(F)F. The molecule has 2 saturated heterocycles. The number of hydrogen-bond acceptors (Lipinski definition) is 7. The molecule has 0 bridgehead atoms. The van der Waals surface area contributed by atoms with E-state index in [4.69, 9.17) is 24.5 Å². The summed E-state index contributed by atoms with van der Waals surface area (Å²) in [5.74, 6) is -4.57. The van der Waals surface area contributed by atoms with Crippen molar-refractivity contribution in [3.05, 3.63) is 17.5 Å². The first-order valence-electron chi connectivity index (χ1n) is 12.2. The molecule has 228 valence electrons. The van der Waals surface area contributed by atoms with Crippen molar-refractivity contribution in [2.75, 3.05) is 46.9 Å². The second-order valence-electron chi connectivity index (χ2n) is 10.3. The maximum absolute atomic E-state index is 12.6. The maximum Gasteiger partial charge on any atom is 0.490 e. The molecule has 0 radical (unpaired) electrons. The minimum Gasteiger partial charge on any atom is -0.475 e. The van der Waals surface area contributed by atoms with Gasteiger partial charge in [0.05, 0.1) is 18.0 Å². The van der Waals surface area contributed by atoms with Gasteiger partial charge in [0.2, 0.25) is 5.91 Å². The van der Waals surface area contributed by atoms with Gasteiger partial charge >= 0.3 is 24.3 Å². The Morgan fingerprint density at radius 2 is 1.55 bits per heavy atom. The van der Waals surface area contributed by atoms with Crippen molar-refractivity contribution in [3.63, 3.8) is 0 Å². The van der Waals surface area contributed by atoms with Crippen LogP contribution in [0.1, 0.15) is 24.2 Å². The fourth-order valence-corrected chi connectivity index (χ4v) is 4.35. The van der Waals surface area contributed by atoms with Gasteiger partial charge in [-0.1, -0.05) is 0 Å². The third kappa shape index (κ3) is 9.62. The molecule has 1 saturated carbocycles. The number of carbonyl (C=O) groups excluding carboxylic acids is 1. The van der Waals surface area contributed by atoms with Gasteiger partial charge in [0.15, 0.2) is 0 Å². The number of carboxylic acids is 2. The van der Waals surface area contributed by atoms with E-state index >= 15 is 0 Å². The summed E-state index contributed by atoms with van der Waals surface area (Å²) in [6, 6.07) is 2.03. The Morgan fingerprint density at radius 3 is 1.93 bits per heavy atom. The summed E-state index contributed by atoms with van der Waals surface area (Å²) in [6.07, 6.45) is -7.56. The van der Waals surface area contributed by atoms with Gasteiger partial charge in [-0.15, -0.1) is 0 Å². The Bertz CT molecular complexity index is 1030. The average molecular weight is 590 g/mol. The number of likely N-dealkylation sites (N-methyl/N-ethyl adjacent to an activating group) is 1. The van der Waals surface area contributed by atoms with Gasteiger partial charge in [-0.25, -0.2) is 9.59 Å². The van der Waals surface area contributed by atoms with Crippen molar-refractivity contribution in [3.8, 4) is 0 Å².